The predicted octanol–water partition coefficient (Wildman–Crippen LogP) is 4.31. The lowest BCUT2D eigenvalue weighted by Crippen LogP contribution is -2.49. The molecule has 0 aromatic rings. The monoisotopic (exact) mass is 517 g/mol. The Morgan fingerprint density at radius 1 is 1.05 bits per heavy atom. The Bertz CT molecular complexity index is 892. The fourth-order valence-corrected chi connectivity index (χ4v) is 5.73. The minimum Gasteiger partial charge on any atom is -0.433 e. The smallest absolute Gasteiger partial charge is 0.308 e. The van der Waals surface area contributed by atoms with E-state index < -0.39 is 42.3 Å². The molecule has 7 unspecified atom stereocenters. The molecule has 0 radical (unpaired) electrons. The van der Waals surface area contributed by atoms with Crippen molar-refractivity contribution >= 4 is 17.7 Å². The van der Waals surface area contributed by atoms with Crippen LogP contribution in [-0.2, 0) is 33.3 Å². The van der Waals surface area contributed by atoms with E-state index in [1.807, 2.05) is 13.0 Å². The molecule has 0 aromatic heterocycles. The topological polar surface area (TPSA) is 107 Å². The highest BCUT2D eigenvalue weighted by Crippen LogP contribution is 2.57. The number of ketones is 1. The molecule has 0 bridgehead atoms. The van der Waals surface area contributed by atoms with Crippen molar-refractivity contribution in [1.82, 2.24) is 5.32 Å². The number of hydrogen-bond acceptors (Lipinski definition) is 7. The van der Waals surface area contributed by atoms with Gasteiger partial charge >= 0.3 is 5.97 Å². The molecule has 4 fully saturated rings. The lowest BCUT2D eigenvalue weighted by atomic mass is 9.81. The van der Waals surface area contributed by atoms with Gasteiger partial charge in [-0.25, -0.2) is 0 Å². The second-order valence-electron chi connectivity index (χ2n) is 11.1. The van der Waals surface area contributed by atoms with Crippen LogP contribution in [0.2, 0.25) is 0 Å². The van der Waals surface area contributed by atoms with Gasteiger partial charge in [-0.1, -0.05) is 77.0 Å². The Morgan fingerprint density at radius 2 is 1.73 bits per heavy atom. The maximum absolute atomic E-state index is 12.8. The van der Waals surface area contributed by atoms with Crippen molar-refractivity contribution in [2.75, 3.05) is 0 Å². The van der Waals surface area contributed by atoms with Crippen LogP contribution < -0.4 is 5.32 Å². The summed E-state index contributed by atoms with van der Waals surface area (Å²) in [5.74, 6) is -0.231. The van der Waals surface area contributed by atoms with Crippen molar-refractivity contribution in [3.8, 4) is 0 Å². The highest BCUT2D eigenvalue weighted by atomic mass is 16.8. The zero-order chi connectivity index (χ0) is 26.6. The van der Waals surface area contributed by atoms with Gasteiger partial charge < -0.3 is 24.3 Å². The number of carbonyl (C=O) groups is 3. The molecule has 8 heteroatoms. The Labute approximate surface area is 220 Å². The predicted molar refractivity (Wildman–Crippen MR) is 138 cm³/mol. The second kappa shape index (κ2) is 12.2. The zero-order valence-corrected chi connectivity index (χ0v) is 22.7. The fourth-order valence-electron chi connectivity index (χ4n) is 5.73. The molecule has 3 heterocycles. The molecule has 0 aromatic carbocycles. The third-order valence-electron chi connectivity index (χ3n) is 7.83. The van der Waals surface area contributed by atoms with Crippen molar-refractivity contribution in [2.45, 2.75) is 134 Å². The van der Waals surface area contributed by atoms with E-state index in [1.54, 1.807) is 0 Å². The van der Waals surface area contributed by atoms with Crippen LogP contribution in [0.15, 0.2) is 23.8 Å². The van der Waals surface area contributed by atoms with E-state index in [2.05, 4.69) is 32.2 Å². The molecule has 8 nitrogen and oxygen atoms in total. The summed E-state index contributed by atoms with van der Waals surface area (Å²) in [6, 6.07) is -0.558. The van der Waals surface area contributed by atoms with Crippen molar-refractivity contribution in [3.63, 3.8) is 0 Å². The summed E-state index contributed by atoms with van der Waals surface area (Å²) >= 11 is 0. The van der Waals surface area contributed by atoms with Crippen molar-refractivity contribution in [3.05, 3.63) is 23.8 Å². The number of esters is 1. The molecule has 4 aliphatic rings. The minimum atomic E-state index is -0.950. The molecule has 1 amide bonds. The van der Waals surface area contributed by atoms with Crippen LogP contribution in [0.1, 0.15) is 91.9 Å². The standard InChI is InChI=1S/C29H43NO7/c1-5-7-9-11-12-18(3)16-19(4)14-15-21(31)30-20-17-29(26-24(35-26)23(33)25-27(29)36-25)37-28(20)34-22(32)13-10-8-6-2/h14-16,18,20,24-28H,5-13,17H2,1-4H3,(H,30,31)/b15-14+,19-16-. The minimum absolute atomic E-state index is 0.0467. The van der Waals surface area contributed by atoms with E-state index in [4.69, 9.17) is 18.9 Å². The van der Waals surface area contributed by atoms with E-state index in [9.17, 15) is 14.4 Å². The first kappa shape index (κ1) is 28.0. The van der Waals surface area contributed by atoms with Crippen molar-refractivity contribution < 1.29 is 33.3 Å². The third kappa shape index (κ3) is 6.70. The van der Waals surface area contributed by atoms with Crippen molar-refractivity contribution in [1.29, 1.82) is 0 Å². The summed E-state index contributed by atoms with van der Waals surface area (Å²) in [4.78, 5) is 37.6. The van der Waals surface area contributed by atoms with Gasteiger partial charge in [-0.2, -0.15) is 0 Å². The normalized spacial score (nSPS) is 34.8. The van der Waals surface area contributed by atoms with Gasteiger partial charge in [0, 0.05) is 18.9 Å². The van der Waals surface area contributed by atoms with Crippen molar-refractivity contribution in [2.24, 2.45) is 5.92 Å². The summed E-state index contributed by atoms with van der Waals surface area (Å²) in [5.41, 5.74) is 0.146. The van der Waals surface area contributed by atoms with E-state index in [-0.39, 0.29) is 17.7 Å². The number of unbranched alkanes of at least 4 members (excludes halogenated alkanes) is 5. The Kier molecular flexibility index (Phi) is 9.24. The maximum Gasteiger partial charge on any atom is 0.308 e. The van der Waals surface area contributed by atoms with E-state index in [0.717, 1.165) is 31.3 Å². The van der Waals surface area contributed by atoms with Gasteiger partial charge in [-0.15, -0.1) is 0 Å². The molecule has 3 saturated heterocycles. The van der Waals surface area contributed by atoms with Crippen LogP contribution in [-0.4, -0.2) is 60.0 Å². The van der Waals surface area contributed by atoms with Crippen LogP contribution in [0.3, 0.4) is 0 Å². The molecule has 7 atom stereocenters. The first-order valence-corrected chi connectivity index (χ1v) is 14.2. The van der Waals surface area contributed by atoms with E-state index >= 15 is 0 Å². The fraction of sp³-hybridized carbons (Fsp3) is 0.759. The Morgan fingerprint density at radius 3 is 2.41 bits per heavy atom. The summed E-state index contributed by atoms with van der Waals surface area (Å²) in [5, 5.41) is 2.97. The summed E-state index contributed by atoms with van der Waals surface area (Å²) in [7, 11) is 0. The average Bonchev–Trinajstić information content (AvgIpc) is 3.77. The number of allylic oxidation sites excluding steroid dienone is 3. The van der Waals surface area contributed by atoms with Crippen LogP contribution in [0.4, 0.5) is 0 Å². The third-order valence-corrected chi connectivity index (χ3v) is 7.83. The molecule has 1 saturated carbocycles. The number of carbonyl (C=O) groups excluding carboxylic acids is 3. The van der Waals surface area contributed by atoms with Gasteiger partial charge in [0.15, 0.2) is 5.78 Å². The van der Waals surface area contributed by atoms with E-state index in [0.29, 0.717) is 18.8 Å². The number of ether oxygens (including phenoxy) is 4. The first-order chi connectivity index (χ1) is 17.8. The number of fused-ring (bicyclic) bond motifs is 4. The van der Waals surface area contributed by atoms with Gasteiger partial charge in [-0.05, 0) is 25.7 Å². The highest BCUT2D eigenvalue weighted by molar-refractivity contribution is 5.95. The molecular formula is C29H43NO7. The molecule has 37 heavy (non-hydrogen) atoms. The molecule has 4 rings (SSSR count). The number of amides is 1. The summed E-state index contributed by atoms with van der Waals surface area (Å²) in [6.07, 6.45) is 12.1. The number of Topliss-reactive ketones (excluding diaryl/α,β-unsaturated/α-hetero) is 1. The van der Waals surface area contributed by atoms with Crippen LogP contribution >= 0.6 is 0 Å². The van der Waals surface area contributed by atoms with Gasteiger partial charge in [0.05, 0.1) is 6.04 Å². The number of hydrogen-bond donors (Lipinski definition) is 1. The quantitative estimate of drug-likeness (QED) is 0.120. The zero-order valence-electron chi connectivity index (χ0n) is 22.7. The van der Waals surface area contributed by atoms with Crippen LogP contribution in [0, 0.1) is 5.92 Å². The average molecular weight is 518 g/mol. The number of epoxide rings is 2. The second-order valence-corrected chi connectivity index (χ2v) is 11.1. The van der Waals surface area contributed by atoms with Gasteiger partial charge in [0.1, 0.15) is 30.0 Å². The lowest BCUT2D eigenvalue weighted by Gasteiger charge is -2.27. The Balaban J connectivity index is 1.35. The van der Waals surface area contributed by atoms with E-state index in [1.165, 1.54) is 31.8 Å². The molecule has 3 aliphatic heterocycles. The lowest BCUT2D eigenvalue weighted by molar-refractivity contribution is -0.197. The largest absolute Gasteiger partial charge is 0.433 e. The van der Waals surface area contributed by atoms with Gasteiger partial charge in [-0.3, -0.25) is 14.4 Å². The molecular weight excluding hydrogens is 474 g/mol. The Hall–Kier alpha value is -2.03. The summed E-state index contributed by atoms with van der Waals surface area (Å²) in [6.45, 7) is 8.48. The van der Waals surface area contributed by atoms with Crippen LogP contribution in [0.5, 0.6) is 0 Å². The van der Waals surface area contributed by atoms with Crippen LogP contribution in [0.25, 0.3) is 0 Å². The van der Waals surface area contributed by atoms with Gasteiger partial charge in [0.2, 0.25) is 12.2 Å². The number of nitrogens with one attached hydrogen (secondary N) is 1. The maximum atomic E-state index is 12.8. The SMILES string of the molecule is CCCCCCC(C)/C=C(C)\C=C\C(=O)NC1CC2(OC1OC(=O)CCCCC)C1OC1C(=O)C1OC12. The molecule has 1 aliphatic carbocycles. The molecule has 206 valence electrons. The number of rotatable bonds is 14. The van der Waals surface area contributed by atoms with Gasteiger partial charge in [0.25, 0.3) is 0 Å². The highest BCUT2D eigenvalue weighted by Gasteiger charge is 2.79. The summed E-state index contributed by atoms with van der Waals surface area (Å²) < 4.78 is 23.2. The molecule has 1 spiro atoms. The first-order valence-electron chi connectivity index (χ1n) is 14.2. The molecule has 1 N–H and O–H groups in total.